The van der Waals surface area contributed by atoms with Crippen LogP contribution in [0.5, 0.6) is 0 Å². The summed E-state index contributed by atoms with van der Waals surface area (Å²) in [7, 11) is 0. The Labute approximate surface area is 191 Å². The molecule has 0 spiro atoms. The zero-order chi connectivity index (χ0) is 24.5. The molecule has 1 atom stereocenters. The van der Waals surface area contributed by atoms with Crippen LogP contribution in [0.3, 0.4) is 0 Å². The van der Waals surface area contributed by atoms with Gasteiger partial charge in [0, 0.05) is 37.6 Å². The standard InChI is InChI=1S/C21H41N5O6/c1-20(2,3)16-23-9-10-24-17(27)8-7-11-29-14-18(25-26-22)31-13-12-30-15-19(28)32-21(4,5)6/h18,23H,7-16H2,1-6H3,(H,24,27). The molecule has 0 saturated heterocycles. The molecule has 0 aromatic heterocycles. The molecule has 0 heterocycles. The van der Waals surface area contributed by atoms with Crippen LogP contribution in [0.4, 0.5) is 0 Å². The number of nitrogens with one attached hydrogen (secondary N) is 2. The third-order valence-electron chi connectivity index (χ3n) is 3.59. The molecule has 11 nitrogen and oxygen atoms in total. The van der Waals surface area contributed by atoms with E-state index >= 15 is 0 Å². The van der Waals surface area contributed by atoms with Gasteiger partial charge in [-0.3, -0.25) is 4.79 Å². The lowest BCUT2D eigenvalue weighted by atomic mass is 9.97. The summed E-state index contributed by atoms with van der Waals surface area (Å²) in [6.07, 6.45) is 0.0847. The summed E-state index contributed by atoms with van der Waals surface area (Å²) in [5.41, 5.74) is 8.28. The second-order valence-electron chi connectivity index (χ2n) is 9.44. The van der Waals surface area contributed by atoms with Crippen molar-refractivity contribution in [2.24, 2.45) is 10.5 Å². The molecule has 0 aliphatic heterocycles. The highest BCUT2D eigenvalue weighted by atomic mass is 16.6. The molecule has 0 aromatic rings. The monoisotopic (exact) mass is 459 g/mol. The fraction of sp³-hybridized carbons (Fsp3) is 0.905. The molecule has 11 heteroatoms. The largest absolute Gasteiger partial charge is 0.458 e. The minimum absolute atomic E-state index is 0.0314. The Kier molecular flexibility index (Phi) is 15.7. The van der Waals surface area contributed by atoms with E-state index in [1.54, 1.807) is 20.8 Å². The minimum Gasteiger partial charge on any atom is -0.458 e. The first-order valence-corrected chi connectivity index (χ1v) is 10.9. The summed E-state index contributed by atoms with van der Waals surface area (Å²) < 4.78 is 21.1. The zero-order valence-electron chi connectivity index (χ0n) is 20.4. The van der Waals surface area contributed by atoms with E-state index in [1.807, 2.05) is 0 Å². The van der Waals surface area contributed by atoms with Crippen LogP contribution in [0.2, 0.25) is 0 Å². The van der Waals surface area contributed by atoms with E-state index in [2.05, 4.69) is 41.4 Å². The van der Waals surface area contributed by atoms with Gasteiger partial charge in [-0.25, -0.2) is 4.79 Å². The Morgan fingerprint density at radius 3 is 2.38 bits per heavy atom. The third kappa shape index (κ3) is 21.3. The lowest BCUT2D eigenvalue weighted by Crippen LogP contribution is -2.35. The van der Waals surface area contributed by atoms with Crippen LogP contribution >= 0.6 is 0 Å². The highest BCUT2D eigenvalue weighted by Gasteiger charge is 2.16. The Balaban J connectivity index is 3.79. The van der Waals surface area contributed by atoms with Gasteiger partial charge >= 0.3 is 5.97 Å². The van der Waals surface area contributed by atoms with Crippen LogP contribution in [0.1, 0.15) is 54.4 Å². The molecule has 1 unspecified atom stereocenters. The summed E-state index contributed by atoms with van der Waals surface area (Å²) in [4.78, 5) is 26.1. The van der Waals surface area contributed by atoms with Crippen molar-refractivity contribution in [3.05, 3.63) is 10.4 Å². The quantitative estimate of drug-likeness (QED) is 0.112. The predicted molar refractivity (Wildman–Crippen MR) is 121 cm³/mol. The molecule has 1 amide bonds. The number of amides is 1. The van der Waals surface area contributed by atoms with Crippen molar-refractivity contribution in [2.75, 3.05) is 52.7 Å². The maximum Gasteiger partial charge on any atom is 0.332 e. The van der Waals surface area contributed by atoms with Gasteiger partial charge in [0.05, 0.1) is 19.8 Å². The number of nitrogens with zero attached hydrogens (tertiary/aromatic N) is 3. The van der Waals surface area contributed by atoms with E-state index in [4.69, 9.17) is 24.5 Å². The fourth-order valence-corrected chi connectivity index (χ4v) is 2.30. The number of ether oxygens (including phenoxy) is 4. The lowest BCUT2D eigenvalue weighted by molar-refractivity contribution is -0.161. The van der Waals surface area contributed by atoms with Gasteiger partial charge in [0.1, 0.15) is 12.2 Å². The van der Waals surface area contributed by atoms with Gasteiger partial charge in [-0.15, -0.1) is 0 Å². The van der Waals surface area contributed by atoms with Gasteiger partial charge in [0.25, 0.3) is 0 Å². The van der Waals surface area contributed by atoms with E-state index in [0.29, 0.717) is 26.0 Å². The van der Waals surface area contributed by atoms with Crippen molar-refractivity contribution in [1.29, 1.82) is 0 Å². The number of hydrogen-bond acceptors (Lipinski definition) is 8. The highest BCUT2D eigenvalue weighted by Crippen LogP contribution is 2.09. The van der Waals surface area contributed by atoms with Gasteiger partial charge in [-0.05, 0) is 38.1 Å². The van der Waals surface area contributed by atoms with Crippen LogP contribution < -0.4 is 10.6 Å². The molecule has 186 valence electrons. The van der Waals surface area contributed by atoms with Crippen LogP contribution in [0.25, 0.3) is 10.4 Å². The number of azide groups is 1. The van der Waals surface area contributed by atoms with Gasteiger partial charge < -0.3 is 29.6 Å². The second-order valence-corrected chi connectivity index (χ2v) is 9.44. The molecule has 0 aliphatic rings. The van der Waals surface area contributed by atoms with E-state index in [0.717, 1.165) is 13.1 Å². The molecule has 0 fully saturated rings. The number of carbonyl (C=O) groups is 2. The lowest BCUT2D eigenvalue weighted by Gasteiger charge is -2.19. The van der Waals surface area contributed by atoms with Crippen molar-refractivity contribution < 1.29 is 28.5 Å². The first-order chi connectivity index (χ1) is 14.9. The Morgan fingerprint density at radius 1 is 1.03 bits per heavy atom. The van der Waals surface area contributed by atoms with E-state index in [9.17, 15) is 9.59 Å². The molecule has 0 aliphatic carbocycles. The van der Waals surface area contributed by atoms with Crippen molar-refractivity contribution in [3.8, 4) is 0 Å². The van der Waals surface area contributed by atoms with Crippen molar-refractivity contribution >= 4 is 11.9 Å². The molecular weight excluding hydrogens is 418 g/mol. The molecule has 2 N–H and O–H groups in total. The average molecular weight is 460 g/mol. The van der Waals surface area contributed by atoms with E-state index in [-0.39, 0.29) is 37.7 Å². The van der Waals surface area contributed by atoms with Crippen LogP contribution in [-0.4, -0.2) is 76.4 Å². The second kappa shape index (κ2) is 16.7. The third-order valence-corrected chi connectivity index (χ3v) is 3.59. The zero-order valence-corrected chi connectivity index (χ0v) is 20.4. The minimum atomic E-state index is -0.812. The van der Waals surface area contributed by atoms with Crippen LogP contribution in [-0.2, 0) is 28.5 Å². The summed E-state index contributed by atoms with van der Waals surface area (Å²) in [6, 6.07) is 0. The van der Waals surface area contributed by atoms with Crippen molar-refractivity contribution in [1.82, 2.24) is 10.6 Å². The maximum atomic E-state index is 11.8. The number of rotatable bonds is 17. The van der Waals surface area contributed by atoms with E-state index in [1.165, 1.54) is 0 Å². The first-order valence-electron chi connectivity index (χ1n) is 10.9. The fourth-order valence-electron chi connectivity index (χ4n) is 2.30. The number of carbonyl (C=O) groups excluding carboxylic acids is 2. The molecule has 32 heavy (non-hydrogen) atoms. The van der Waals surface area contributed by atoms with Crippen molar-refractivity contribution in [2.45, 2.75) is 66.2 Å². The molecule has 0 aromatic carbocycles. The molecule has 0 bridgehead atoms. The Morgan fingerprint density at radius 2 is 1.75 bits per heavy atom. The van der Waals surface area contributed by atoms with Gasteiger partial charge in [-0.1, -0.05) is 25.9 Å². The molecule has 0 saturated carbocycles. The smallest absolute Gasteiger partial charge is 0.332 e. The first kappa shape index (κ1) is 30.1. The average Bonchev–Trinajstić information content (AvgIpc) is 2.64. The Bertz CT molecular complexity index is 582. The summed E-state index contributed by atoms with van der Waals surface area (Å²) in [5, 5.41) is 9.66. The number of hydrogen-bond donors (Lipinski definition) is 2. The maximum absolute atomic E-state index is 11.8. The van der Waals surface area contributed by atoms with Gasteiger partial charge in [-0.2, -0.15) is 0 Å². The molecule has 0 rings (SSSR count). The van der Waals surface area contributed by atoms with Crippen LogP contribution in [0, 0.1) is 5.41 Å². The molecular formula is C21H41N5O6. The van der Waals surface area contributed by atoms with Gasteiger partial charge in [0.2, 0.25) is 5.91 Å². The summed E-state index contributed by atoms with van der Waals surface area (Å²) in [5.74, 6) is -0.492. The Hall–Kier alpha value is -1.91. The SMILES string of the molecule is CC(C)(C)CNCCNC(=O)CCCOCC(N=[N+]=[N-])OCCOCC(=O)OC(C)(C)C. The van der Waals surface area contributed by atoms with Gasteiger partial charge in [0.15, 0.2) is 6.23 Å². The summed E-state index contributed by atoms with van der Waals surface area (Å²) >= 11 is 0. The normalized spacial score (nSPS) is 12.7. The van der Waals surface area contributed by atoms with Crippen LogP contribution in [0.15, 0.2) is 5.11 Å². The molecule has 0 radical (unpaired) electrons. The van der Waals surface area contributed by atoms with Crippen molar-refractivity contribution in [3.63, 3.8) is 0 Å². The number of esters is 1. The highest BCUT2D eigenvalue weighted by molar-refractivity contribution is 5.75. The predicted octanol–water partition coefficient (Wildman–Crippen LogP) is 2.55. The summed E-state index contributed by atoms with van der Waals surface area (Å²) in [6.45, 7) is 14.5. The van der Waals surface area contributed by atoms with E-state index < -0.39 is 17.8 Å². The topological polar surface area (TPSA) is 144 Å².